The minimum absolute atomic E-state index is 0.266. The molecule has 0 aromatic heterocycles. The lowest BCUT2D eigenvalue weighted by molar-refractivity contribution is -0.212. The third-order valence-electron chi connectivity index (χ3n) is 5.37. The second kappa shape index (κ2) is 8.04. The molecular weight excluding hydrogens is 304 g/mol. The molecule has 0 unspecified atom stereocenters. The molecule has 0 atom stereocenters. The van der Waals surface area contributed by atoms with Crippen LogP contribution in [0.2, 0.25) is 0 Å². The van der Waals surface area contributed by atoms with E-state index >= 15 is 0 Å². The molecule has 0 bridgehead atoms. The topological polar surface area (TPSA) is 18.5 Å². The number of unbranched alkanes of at least 4 members (excludes halogenated alkanes) is 3. The second-order valence-electron chi connectivity index (χ2n) is 6.95. The van der Waals surface area contributed by atoms with Gasteiger partial charge in [0.25, 0.3) is 0 Å². The van der Waals surface area contributed by atoms with Gasteiger partial charge in [-0.15, -0.1) is 11.8 Å². The van der Waals surface area contributed by atoms with Crippen molar-refractivity contribution in [3.8, 4) is 0 Å². The third kappa shape index (κ3) is 4.12. The summed E-state index contributed by atoms with van der Waals surface area (Å²) in [5.74, 6) is 0.894. The van der Waals surface area contributed by atoms with Gasteiger partial charge in [0.1, 0.15) is 0 Å². The van der Waals surface area contributed by atoms with E-state index in [4.69, 9.17) is 9.47 Å². The van der Waals surface area contributed by atoms with E-state index in [0.29, 0.717) is 0 Å². The molecule has 2 aliphatic rings. The summed E-state index contributed by atoms with van der Waals surface area (Å²) in [5.41, 5.74) is 0.289. The zero-order valence-electron chi connectivity index (χ0n) is 14.4. The fourth-order valence-corrected chi connectivity index (χ4v) is 4.89. The van der Waals surface area contributed by atoms with Crippen molar-refractivity contribution in [2.75, 3.05) is 19.0 Å². The van der Waals surface area contributed by atoms with E-state index < -0.39 is 0 Å². The first kappa shape index (κ1) is 17.3. The summed E-state index contributed by atoms with van der Waals surface area (Å²) < 4.78 is 12.4. The molecule has 0 amide bonds. The monoisotopic (exact) mass is 334 g/mol. The lowest BCUT2D eigenvalue weighted by Gasteiger charge is -2.36. The first-order chi connectivity index (χ1) is 11.3. The van der Waals surface area contributed by atoms with E-state index in [1.165, 1.54) is 49.8 Å². The van der Waals surface area contributed by atoms with Gasteiger partial charge in [0.15, 0.2) is 5.79 Å². The predicted octanol–water partition coefficient (Wildman–Crippen LogP) is 5.66. The van der Waals surface area contributed by atoms with Crippen LogP contribution in [-0.2, 0) is 9.47 Å². The summed E-state index contributed by atoms with van der Waals surface area (Å²) in [6, 6.07) is 10.7. The van der Waals surface area contributed by atoms with Crippen molar-refractivity contribution in [1.82, 2.24) is 0 Å². The van der Waals surface area contributed by atoms with Crippen LogP contribution in [0.15, 0.2) is 35.2 Å². The van der Waals surface area contributed by atoms with Crippen LogP contribution in [0.3, 0.4) is 0 Å². The van der Waals surface area contributed by atoms with Crippen molar-refractivity contribution in [2.45, 2.75) is 69.0 Å². The first-order valence-corrected chi connectivity index (χ1v) is 10.2. The standard InChI is InChI=1S/C20H30O2S/c1-2-3-4-8-11-20(21-15-16-22-20)19(12-13-19)14-17-23-18-9-6-5-7-10-18/h5-7,9-10H,2-4,8,11-17H2,1H3. The van der Waals surface area contributed by atoms with Crippen LogP contribution in [0, 0.1) is 5.41 Å². The van der Waals surface area contributed by atoms with Crippen molar-refractivity contribution >= 4 is 11.8 Å². The van der Waals surface area contributed by atoms with Crippen LogP contribution in [-0.4, -0.2) is 24.8 Å². The first-order valence-electron chi connectivity index (χ1n) is 9.26. The van der Waals surface area contributed by atoms with Crippen LogP contribution in [0.25, 0.3) is 0 Å². The van der Waals surface area contributed by atoms with Crippen molar-refractivity contribution in [3.63, 3.8) is 0 Å². The molecular formula is C20H30O2S. The van der Waals surface area contributed by atoms with Gasteiger partial charge in [0, 0.05) is 16.7 Å². The average Bonchev–Trinajstić information content (AvgIpc) is 3.22. The van der Waals surface area contributed by atoms with Gasteiger partial charge in [-0.2, -0.15) is 0 Å². The number of ether oxygens (including phenoxy) is 2. The highest BCUT2D eigenvalue weighted by molar-refractivity contribution is 7.99. The fraction of sp³-hybridized carbons (Fsp3) is 0.700. The maximum absolute atomic E-state index is 6.22. The molecule has 2 nitrogen and oxygen atoms in total. The Morgan fingerprint density at radius 3 is 2.35 bits per heavy atom. The molecule has 1 aliphatic carbocycles. The maximum atomic E-state index is 6.22. The Kier molecular flexibility index (Phi) is 6.06. The molecule has 2 fully saturated rings. The van der Waals surface area contributed by atoms with Gasteiger partial charge in [-0.1, -0.05) is 44.4 Å². The Balaban J connectivity index is 1.53. The van der Waals surface area contributed by atoms with E-state index in [1.54, 1.807) is 0 Å². The quantitative estimate of drug-likeness (QED) is 0.406. The van der Waals surface area contributed by atoms with Gasteiger partial charge in [-0.25, -0.2) is 0 Å². The molecule has 0 N–H and O–H groups in total. The fourth-order valence-electron chi connectivity index (χ4n) is 3.81. The van der Waals surface area contributed by atoms with Gasteiger partial charge in [0.05, 0.1) is 13.2 Å². The van der Waals surface area contributed by atoms with Gasteiger partial charge in [-0.05, 0) is 43.6 Å². The van der Waals surface area contributed by atoms with Crippen molar-refractivity contribution in [1.29, 1.82) is 0 Å². The Labute approximate surface area is 145 Å². The second-order valence-corrected chi connectivity index (χ2v) is 8.12. The van der Waals surface area contributed by atoms with E-state index in [2.05, 4.69) is 37.3 Å². The van der Waals surface area contributed by atoms with Crippen molar-refractivity contribution < 1.29 is 9.47 Å². The van der Waals surface area contributed by atoms with Crippen LogP contribution >= 0.6 is 11.8 Å². The van der Waals surface area contributed by atoms with Gasteiger partial charge >= 0.3 is 0 Å². The van der Waals surface area contributed by atoms with Gasteiger partial charge in [0.2, 0.25) is 0 Å². The number of hydrogen-bond donors (Lipinski definition) is 0. The number of hydrogen-bond acceptors (Lipinski definition) is 3. The van der Waals surface area contributed by atoms with Crippen molar-refractivity contribution in [3.05, 3.63) is 30.3 Å². The molecule has 1 aliphatic heterocycles. The Morgan fingerprint density at radius 2 is 1.70 bits per heavy atom. The van der Waals surface area contributed by atoms with E-state index in [1.807, 2.05) is 11.8 Å². The highest BCUT2D eigenvalue weighted by atomic mass is 32.2. The molecule has 1 saturated heterocycles. The number of thioether (sulfide) groups is 1. The third-order valence-corrected chi connectivity index (χ3v) is 6.38. The van der Waals surface area contributed by atoms with E-state index in [-0.39, 0.29) is 11.2 Å². The zero-order chi connectivity index (χ0) is 16.0. The summed E-state index contributed by atoms with van der Waals surface area (Å²) >= 11 is 1.97. The highest BCUT2D eigenvalue weighted by Gasteiger charge is 2.61. The van der Waals surface area contributed by atoms with Crippen LogP contribution in [0.4, 0.5) is 0 Å². The minimum atomic E-state index is -0.266. The molecule has 3 heteroatoms. The SMILES string of the molecule is CCCCCCC1(C2(CCSc3ccccc3)CC2)OCCO1. The lowest BCUT2D eigenvalue weighted by atomic mass is 9.87. The van der Waals surface area contributed by atoms with Crippen molar-refractivity contribution in [2.24, 2.45) is 5.41 Å². The molecule has 1 aromatic rings. The van der Waals surface area contributed by atoms with E-state index in [9.17, 15) is 0 Å². The molecule has 128 valence electrons. The maximum Gasteiger partial charge on any atom is 0.174 e. The summed E-state index contributed by atoms with van der Waals surface area (Å²) in [5, 5.41) is 0. The molecule has 3 rings (SSSR count). The van der Waals surface area contributed by atoms with Crippen LogP contribution < -0.4 is 0 Å². The van der Waals surface area contributed by atoms with E-state index in [0.717, 1.165) is 25.4 Å². The number of benzene rings is 1. The minimum Gasteiger partial charge on any atom is -0.347 e. The number of rotatable bonds is 10. The zero-order valence-corrected chi connectivity index (χ0v) is 15.2. The normalized spacial score (nSPS) is 21.4. The summed E-state index contributed by atoms with van der Waals surface area (Å²) in [7, 11) is 0. The molecule has 1 heterocycles. The van der Waals surface area contributed by atoms with Crippen LogP contribution in [0.5, 0.6) is 0 Å². The molecule has 1 saturated carbocycles. The lowest BCUT2D eigenvalue weighted by Crippen LogP contribution is -2.41. The van der Waals surface area contributed by atoms with Gasteiger partial charge < -0.3 is 9.47 Å². The predicted molar refractivity (Wildman–Crippen MR) is 96.8 cm³/mol. The largest absolute Gasteiger partial charge is 0.347 e. The Bertz CT molecular complexity index is 464. The summed E-state index contributed by atoms with van der Waals surface area (Å²) in [4.78, 5) is 1.37. The smallest absolute Gasteiger partial charge is 0.174 e. The van der Waals surface area contributed by atoms with Gasteiger partial charge in [-0.3, -0.25) is 0 Å². The van der Waals surface area contributed by atoms with Crippen LogP contribution in [0.1, 0.15) is 58.3 Å². The Hall–Kier alpha value is -0.510. The highest BCUT2D eigenvalue weighted by Crippen LogP contribution is 2.61. The summed E-state index contributed by atoms with van der Waals surface area (Å²) in [6.45, 7) is 3.82. The summed E-state index contributed by atoms with van der Waals surface area (Å²) in [6.07, 6.45) is 10.00. The molecule has 23 heavy (non-hydrogen) atoms. The molecule has 0 radical (unpaired) electrons. The Morgan fingerprint density at radius 1 is 0.957 bits per heavy atom. The molecule has 0 spiro atoms. The average molecular weight is 335 g/mol. The molecule has 1 aromatic carbocycles.